The van der Waals surface area contributed by atoms with Crippen LogP contribution >= 0.6 is 0 Å². The Morgan fingerprint density at radius 1 is 0.769 bits per heavy atom. The number of nitrogen functional groups attached to an aromatic ring is 1. The fourth-order valence-electron chi connectivity index (χ4n) is 1.01. The molecule has 0 aliphatic carbocycles. The summed E-state index contributed by atoms with van der Waals surface area (Å²) in [5.74, 6) is 0. The van der Waals surface area contributed by atoms with Crippen molar-refractivity contribution in [3.8, 4) is 0 Å². The average molecular weight is 181 g/mol. The highest BCUT2D eigenvalue weighted by Crippen LogP contribution is 2.08. The predicted molar refractivity (Wildman–Crippen MR) is 63.0 cm³/mol. The van der Waals surface area contributed by atoms with E-state index in [0.29, 0.717) is 0 Å². The molecule has 0 heterocycles. The van der Waals surface area contributed by atoms with E-state index in [1.807, 2.05) is 53.7 Å². The highest BCUT2D eigenvalue weighted by atomic mass is 14.5. The Bertz CT molecular complexity index is 166. The molecule has 0 fully saturated rings. The Morgan fingerprint density at radius 2 is 1.08 bits per heavy atom. The minimum Gasteiger partial charge on any atom is -0.399 e. The lowest BCUT2D eigenvalue weighted by Gasteiger charge is -1.97. The van der Waals surface area contributed by atoms with Crippen molar-refractivity contribution >= 4 is 5.69 Å². The predicted octanol–water partition coefficient (Wildman–Crippen LogP) is 3.94. The lowest BCUT2D eigenvalue weighted by molar-refractivity contribution is 1.39. The normalized spacial score (nSPS) is 7.54. The molecule has 0 radical (unpaired) electrons. The second-order valence-electron chi connectivity index (χ2n) is 2.42. The van der Waals surface area contributed by atoms with E-state index < -0.39 is 0 Å². The topological polar surface area (TPSA) is 26.0 Å². The summed E-state index contributed by atoms with van der Waals surface area (Å²) in [4.78, 5) is 0. The van der Waals surface area contributed by atoms with Crippen molar-refractivity contribution in [2.24, 2.45) is 0 Å². The molecule has 0 unspecified atom stereocenters. The van der Waals surface area contributed by atoms with Crippen LogP contribution in [-0.4, -0.2) is 0 Å². The Hall–Kier alpha value is -0.980. The second-order valence-corrected chi connectivity index (χ2v) is 2.42. The number of anilines is 1. The van der Waals surface area contributed by atoms with Gasteiger partial charge < -0.3 is 5.73 Å². The van der Waals surface area contributed by atoms with Gasteiger partial charge in [-0.2, -0.15) is 0 Å². The van der Waals surface area contributed by atoms with Crippen LogP contribution in [0.5, 0.6) is 0 Å². The summed E-state index contributed by atoms with van der Waals surface area (Å²) in [5, 5.41) is 0. The van der Waals surface area contributed by atoms with Gasteiger partial charge in [0.2, 0.25) is 0 Å². The molecule has 1 rings (SSSR count). The summed E-state index contributed by atoms with van der Waals surface area (Å²) >= 11 is 0. The first kappa shape index (κ1) is 14.5. The number of rotatable bonds is 0. The van der Waals surface area contributed by atoms with E-state index in [-0.39, 0.29) is 0 Å². The molecule has 76 valence electrons. The molecule has 0 bridgehead atoms. The highest BCUT2D eigenvalue weighted by molar-refractivity contribution is 5.43. The molecule has 13 heavy (non-hydrogen) atoms. The van der Waals surface area contributed by atoms with Crippen LogP contribution < -0.4 is 5.73 Å². The molecular formula is C12H23N. The lowest BCUT2D eigenvalue weighted by atomic mass is 10.1. The maximum Gasteiger partial charge on any atom is 0.0319 e. The van der Waals surface area contributed by atoms with Crippen LogP contribution in [0.2, 0.25) is 0 Å². The Morgan fingerprint density at radius 3 is 1.31 bits per heavy atom. The van der Waals surface area contributed by atoms with E-state index >= 15 is 0 Å². The van der Waals surface area contributed by atoms with Crippen molar-refractivity contribution in [3.05, 3.63) is 29.3 Å². The molecule has 0 aliphatic rings. The average Bonchev–Trinajstić information content (AvgIpc) is 2.09. The monoisotopic (exact) mass is 181 g/mol. The van der Waals surface area contributed by atoms with E-state index in [1.54, 1.807) is 0 Å². The van der Waals surface area contributed by atoms with Gasteiger partial charge in [0.25, 0.3) is 0 Å². The molecule has 0 atom stereocenters. The van der Waals surface area contributed by atoms with Crippen molar-refractivity contribution in [1.29, 1.82) is 0 Å². The van der Waals surface area contributed by atoms with Gasteiger partial charge >= 0.3 is 0 Å². The van der Waals surface area contributed by atoms with Gasteiger partial charge in [0, 0.05) is 5.69 Å². The zero-order valence-electron chi connectivity index (χ0n) is 9.81. The zero-order chi connectivity index (χ0) is 10.9. The molecule has 1 aromatic rings. The summed E-state index contributed by atoms with van der Waals surface area (Å²) in [7, 11) is 0. The molecule has 0 saturated heterocycles. The summed E-state index contributed by atoms with van der Waals surface area (Å²) in [6, 6.07) is 6.04. The first-order valence-corrected chi connectivity index (χ1v) is 5.02. The van der Waals surface area contributed by atoms with Gasteiger partial charge in [0.15, 0.2) is 0 Å². The quantitative estimate of drug-likeness (QED) is 0.603. The highest BCUT2D eigenvalue weighted by Gasteiger charge is 1.87. The number of benzene rings is 1. The third-order valence-corrected chi connectivity index (χ3v) is 1.24. The van der Waals surface area contributed by atoms with Gasteiger partial charge in [0.1, 0.15) is 0 Å². The summed E-state index contributed by atoms with van der Waals surface area (Å²) in [6.45, 7) is 12.1. The molecule has 1 nitrogen and oxygen atoms in total. The smallest absolute Gasteiger partial charge is 0.0319 e. The van der Waals surface area contributed by atoms with Gasteiger partial charge in [0.05, 0.1) is 0 Å². The van der Waals surface area contributed by atoms with Crippen LogP contribution in [0.25, 0.3) is 0 Å². The molecule has 0 amide bonds. The summed E-state index contributed by atoms with van der Waals surface area (Å²) in [6.07, 6.45) is 0. The Kier molecular flexibility index (Phi) is 10.2. The second kappa shape index (κ2) is 9.11. The summed E-state index contributed by atoms with van der Waals surface area (Å²) in [5.41, 5.74) is 8.87. The number of nitrogens with two attached hydrogens (primary N) is 1. The first-order valence-electron chi connectivity index (χ1n) is 5.02. The van der Waals surface area contributed by atoms with Crippen LogP contribution in [0, 0.1) is 13.8 Å². The molecular weight excluding hydrogens is 158 g/mol. The summed E-state index contributed by atoms with van der Waals surface area (Å²) < 4.78 is 0. The van der Waals surface area contributed by atoms with Crippen molar-refractivity contribution in [3.63, 3.8) is 0 Å². The van der Waals surface area contributed by atoms with Gasteiger partial charge in [-0.1, -0.05) is 33.8 Å². The molecule has 0 saturated carbocycles. The Balaban J connectivity index is 0. The first-order chi connectivity index (χ1) is 6.18. The van der Waals surface area contributed by atoms with Crippen molar-refractivity contribution in [2.45, 2.75) is 41.5 Å². The fraction of sp³-hybridized carbons (Fsp3) is 0.500. The molecule has 0 spiro atoms. The lowest BCUT2D eigenvalue weighted by Crippen LogP contribution is -1.86. The molecule has 2 N–H and O–H groups in total. The maximum absolute atomic E-state index is 5.56. The van der Waals surface area contributed by atoms with Crippen molar-refractivity contribution in [1.82, 2.24) is 0 Å². The van der Waals surface area contributed by atoms with E-state index in [4.69, 9.17) is 5.73 Å². The van der Waals surface area contributed by atoms with Crippen LogP contribution in [0.1, 0.15) is 38.8 Å². The van der Waals surface area contributed by atoms with E-state index in [0.717, 1.165) is 5.69 Å². The van der Waals surface area contributed by atoms with Gasteiger partial charge in [-0.3, -0.25) is 0 Å². The van der Waals surface area contributed by atoms with E-state index in [2.05, 4.69) is 6.07 Å². The van der Waals surface area contributed by atoms with Crippen LogP contribution in [-0.2, 0) is 0 Å². The van der Waals surface area contributed by atoms with Crippen LogP contribution in [0.3, 0.4) is 0 Å². The molecule has 1 heteroatoms. The van der Waals surface area contributed by atoms with Crippen LogP contribution in [0.15, 0.2) is 18.2 Å². The van der Waals surface area contributed by atoms with Crippen molar-refractivity contribution < 1.29 is 0 Å². The van der Waals surface area contributed by atoms with Crippen molar-refractivity contribution in [2.75, 3.05) is 5.73 Å². The Labute approximate surface area is 83.0 Å². The standard InChI is InChI=1S/C8H11N.2C2H6/c1-6-3-7(2)5-8(9)4-6;2*1-2/h3-5H,9H2,1-2H3;2*1-2H3. The van der Waals surface area contributed by atoms with Gasteiger partial charge in [-0.15, -0.1) is 0 Å². The molecule has 0 aliphatic heterocycles. The number of hydrogen-bond acceptors (Lipinski definition) is 1. The molecule has 0 aromatic heterocycles. The van der Waals surface area contributed by atoms with Gasteiger partial charge in [-0.25, -0.2) is 0 Å². The minimum absolute atomic E-state index is 0.854. The molecule has 1 aromatic carbocycles. The number of hydrogen-bond donors (Lipinski definition) is 1. The van der Waals surface area contributed by atoms with Gasteiger partial charge in [-0.05, 0) is 37.1 Å². The third kappa shape index (κ3) is 7.38. The zero-order valence-corrected chi connectivity index (χ0v) is 9.81. The van der Waals surface area contributed by atoms with E-state index in [9.17, 15) is 0 Å². The third-order valence-electron chi connectivity index (χ3n) is 1.24. The SMILES string of the molecule is CC.CC.Cc1cc(C)cc(N)c1. The largest absolute Gasteiger partial charge is 0.399 e. The fourth-order valence-corrected chi connectivity index (χ4v) is 1.01. The van der Waals surface area contributed by atoms with Crippen LogP contribution in [0.4, 0.5) is 5.69 Å². The maximum atomic E-state index is 5.56. The number of aryl methyl sites for hydroxylation is 2. The minimum atomic E-state index is 0.854. The van der Waals surface area contributed by atoms with E-state index in [1.165, 1.54) is 11.1 Å².